The van der Waals surface area contributed by atoms with Gasteiger partial charge in [0.1, 0.15) is 0 Å². The van der Waals surface area contributed by atoms with Gasteiger partial charge in [-0.15, -0.1) is 0 Å². The summed E-state index contributed by atoms with van der Waals surface area (Å²) in [7, 11) is 0. The molecule has 1 aromatic heterocycles. The smallest absolute Gasteiger partial charge is 0.0988 e. The number of aryl methyl sites for hydroxylation is 1. The fourth-order valence-corrected chi connectivity index (χ4v) is 2.22. The Kier molecular flexibility index (Phi) is 1.86. The van der Waals surface area contributed by atoms with Gasteiger partial charge in [0.15, 0.2) is 0 Å². The monoisotopic (exact) mass is 201 g/mol. The number of hydrogen-bond donors (Lipinski definition) is 0. The van der Waals surface area contributed by atoms with E-state index in [0.717, 1.165) is 13.2 Å². The van der Waals surface area contributed by atoms with Crippen LogP contribution in [0.2, 0.25) is 0 Å². The molecular weight excluding hydrogens is 186 g/mol. The second-order valence-corrected chi connectivity index (χ2v) is 4.29. The first-order chi connectivity index (χ1) is 7.27. The number of para-hydroxylation sites is 1. The number of rotatable bonds is 2. The van der Waals surface area contributed by atoms with Crippen LogP contribution >= 0.6 is 0 Å². The highest BCUT2D eigenvalue weighted by molar-refractivity contribution is 5.85. The number of benzene rings is 1. The molecule has 2 nitrogen and oxygen atoms in total. The van der Waals surface area contributed by atoms with E-state index in [-0.39, 0.29) is 0 Å². The molecule has 0 spiro atoms. The van der Waals surface area contributed by atoms with Gasteiger partial charge in [-0.1, -0.05) is 18.2 Å². The lowest BCUT2D eigenvalue weighted by atomic mass is 10.2. The maximum atomic E-state index is 5.30. The number of aromatic nitrogens is 1. The average Bonchev–Trinajstić information content (AvgIpc) is 3.04. The Morgan fingerprint density at radius 2 is 2.07 bits per heavy atom. The molecule has 1 atom stereocenters. The van der Waals surface area contributed by atoms with Gasteiger partial charge in [0.25, 0.3) is 0 Å². The van der Waals surface area contributed by atoms with Crippen LogP contribution in [0.3, 0.4) is 0 Å². The fourth-order valence-electron chi connectivity index (χ4n) is 2.22. The van der Waals surface area contributed by atoms with Crippen LogP contribution in [0.25, 0.3) is 10.9 Å². The molecule has 1 unspecified atom stereocenters. The van der Waals surface area contributed by atoms with Gasteiger partial charge in [-0.3, -0.25) is 0 Å². The van der Waals surface area contributed by atoms with Gasteiger partial charge in [0.05, 0.1) is 19.3 Å². The Labute approximate surface area is 89.5 Å². The van der Waals surface area contributed by atoms with Gasteiger partial charge in [-0.25, -0.2) is 0 Å². The minimum absolute atomic E-state index is 0.443. The molecule has 15 heavy (non-hydrogen) atoms. The molecule has 1 aliphatic heterocycles. The quantitative estimate of drug-likeness (QED) is 0.683. The zero-order chi connectivity index (χ0) is 10.4. The lowest BCUT2D eigenvalue weighted by Gasteiger charge is -2.05. The topological polar surface area (TPSA) is 17.5 Å². The Hall–Kier alpha value is -1.28. The lowest BCUT2D eigenvalue weighted by molar-refractivity contribution is 0.384. The summed E-state index contributed by atoms with van der Waals surface area (Å²) >= 11 is 0. The number of fused-ring (bicyclic) bond motifs is 1. The van der Waals surface area contributed by atoms with E-state index in [1.807, 2.05) is 0 Å². The van der Waals surface area contributed by atoms with E-state index in [0.29, 0.717) is 6.10 Å². The summed E-state index contributed by atoms with van der Waals surface area (Å²) in [6.45, 7) is 6.31. The van der Waals surface area contributed by atoms with Crippen molar-refractivity contribution >= 4 is 10.9 Å². The highest BCUT2D eigenvalue weighted by atomic mass is 16.6. The highest BCUT2D eigenvalue weighted by Crippen LogP contribution is 2.26. The van der Waals surface area contributed by atoms with Crippen LogP contribution in [-0.4, -0.2) is 17.3 Å². The van der Waals surface area contributed by atoms with Crippen molar-refractivity contribution in [1.82, 2.24) is 4.57 Å². The number of epoxide rings is 1. The van der Waals surface area contributed by atoms with E-state index in [9.17, 15) is 0 Å². The summed E-state index contributed by atoms with van der Waals surface area (Å²) in [5.41, 5.74) is 4.10. The summed E-state index contributed by atoms with van der Waals surface area (Å²) in [6, 6.07) is 8.60. The fraction of sp³-hybridized carbons (Fsp3) is 0.385. The molecule has 1 saturated heterocycles. The molecule has 3 rings (SSSR count). The lowest BCUT2D eigenvalue weighted by Crippen LogP contribution is -2.05. The molecule has 2 heteroatoms. The van der Waals surface area contributed by atoms with Crippen LogP contribution in [-0.2, 0) is 11.3 Å². The van der Waals surface area contributed by atoms with Crippen molar-refractivity contribution in [2.24, 2.45) is 0 Å². The molecule has 2 heterocycles. The maximum Gasteiger partial charge on any atom is 0.0988 e. The Morgan fingerprint density at radius 3 is 2.80 bits per heavy atom. The van der Waals surface area contributed by atoms with Gasteiger partial charge in [0, 0.05) is 16.6 Å². The van der Waals surface area contributed by atoms with Crippen molar-refractivity contribution in [2.45, 2.75) is 26.5 Å². The number of nitrogens with zero attached hydrogens (tertiary/aromatic N) is 1. The molecule has 0 bridgehead atoms. The predicted octanol–water partition coefficient (Wildman–Crippen LogP) is 2.66. The van der Waals surface area contributed by atoms with Crippen LogP contribution in [0.15, 0.2) is 24.3 Å². The molecule has 2 aromatic rings. The van der Waals surface area contributed by atoms with E-state index >= 15 is 0 Å². The van der Waals surface area contributed by atoms with Crippen molar-refractivity contribution in [3.05, 3.63) is 35.5 Å². The summed E-state index contributed by atoms with van der Waals surface area (Å²) in [5.74, 6) is 0. The molecule has 0 saturated carbocycles. The average molecular weight is 201 g/mol. The van der Waals surface area contributed by atoms with Crippen LogP contribution in [0, 0.1) is 13.8 Å². The largest absolute Gasteiger partial charge is 0.371 e. The summed E-state index contributed by atoms with van der Waals surface area (Å²) in [5, 5.41) is 1.37. The van der Waals surface area contributed by atoms with Crippen molar-refractivity contribution in [3.63, 3.8) is 0 Å². The number of hydrogen-bond acceptors (Lipinski definition) is 1. The van der Waals surface area contributed by atoms with Gasteiger partial charge in [-0.05, 0) is 25.5 Å². The van der Waals surface area contributed by atoms with Crippen molar-refractivity contribution in [1.29, 1.82) is 0 Å². The highest BCUT2D eigenvalue weighted by Gasteiger charge is 2.24. The molecule has 1 fully saturated rings. The van der Waals surface area contributed by atoms with E-state index < -0.39 is 0 Å². The molecule has 0 aliphatic carbocycles. The zero-order valence-corrected chi connectivity index (χ0v) is 9.16. The standard InChI is InChI=1S/C13H15NO/c1-9-10(2)14(7-11-8-15-11)13-6-4-3-5-12(9)13/h3-6,11H,7-8H2,1-2H3. The molecule has 78 valence electrons. The van der Waals surface area contributed by atoms with Crippen molar-refractivity contribution < 1.29 is 4.74 Å². The predicted molar refractivity (Wildman–Crippen MR) is 61.2 cm³/mol. The van der Waals surface area contributed by atoms with Crippen LogP contribution in [0.5, 0.6) is 0 Å². The first-order valence-electron chi connectivity index (χ1n) is 5.43. The minimum atomic E-state index is 0.443. The molecule has 0 radical (unpaired) electrons. The van der Waals surface area contributed by atoms with Crippen LogP contribution < -0.4 is 0 Å². The normalized spacial score (nSPS) is 19.7. The zero-order valence-electron chi connectivity index (χ0n) is 9.16. The SMILES string of the molecule is Cc1c(C)n(CC2CO2)c2ccccc12. The molecule has 0 amide bonds. The summed E-state index contributed by atoms with van der Waals surface area (Å²) < 4.78 is 7.68. The molecule has 0 N–H and O–H groups in total. The van der Waals surface area contributed by atoms with Gasteiger partial charge >= 0.3 is 0 Å². The van der Waals surface area contributed by atoms with E-state index in [1.165, 1.54) is 22.2 Å². The summed E-state index contributed by atoms with van der Waals surface area (Å²) in [4.78, 5) is 0. The Bertz CT molecular complexity index is 508. The van der Waals surface area contributed by atoms with Crippen molar-refractivity contribution in [2.75, 3.05) is 6.61 Å². The molecular formula is C13H15NO. The minimum Gasteiger partial charge on any atom is -0.371 e. The third-order valence-electron chi connectivity index (χ3n) is 3.34. The van der Waals surface area contributed by atoms with Gasteiger partial charge in [0.2, 0.25) is 0 Å². The van der Waals surface area contributed by atoms with Crippen LogP contribution in [0.1, 0.15) is 11.3 Å². The first-order valence-corrected chi connectivity index (χ1v) is 5.43. The van der Waals surface area contributed by atoms with Gasteiger partial charge in [-0.2, -0.15) is 0 Å². The first kappa shape index (κ1) is 8.98. The second kappa shape index (κ2) is 3.11. The molecule has 1 aliphatic rings. The molecule has 1 aromatic carbocycles. The number of ether oxygens (including phenoxy) is 1. The van der Waals surface area contributed by atoms with E-state index in [2.05, 4.69) is 42.7 Å². The third-order valence-corrected chi connectivity index (χ3v) is 3.34. The van der Waals surface area contributed by atoms with Crippen LogP contribution in [0.4, 0.5) is 0 Å². The van der Waals surface area contributed by atoms with E-state index in [1.54, 1.807) is 0 Å². The van der Waals surface area contributed by atoms with E-state index in [4.69, 9.17) is 4.74 Å². The van der Waals surface area contributed by atoms with Gasteiger partial charge < -0.3 is 9.30 Å². The maximum absolute atomic E-state index is 5.30. The summed E-state index contributed by atoms with van der Waals surface area (Å²) in [6.07, 6.45) is 0.443. The third kappa shape index (κ3) is 1.37. The second-order valence-electron chi connectivity index (χ2n) is 4.29. The Balaban J connectivity index is 2.21. The Morgan fingerprint density at radius 1 is 1.33 bits per heavy atom. The van der Waals surface area contributed by atoms with Crippen molar-refractivity contribution in [3.8, 4) is 0 Å².